The number of nitrogens with zero attached hydrogens (tertiary/aromatic N) is 2. The number of likely N-dealkylation sites (tertiary alicyclic amines) is 1. The van der Waals surface area contributed by atoms with Crippen molar-refractivity contribution in [3.8, 4) is 0 Å². The van der Waals surface area contributed by atoms with Crippen LogP contribution in [0.2, 0.25) is 0 Å². The first-order valence-electron chi connectivity index (χ1n) is 8.00. The lowest BCUT2D eigenvalue weighted by atomic mass is 9.96. The van der Waals surface area contributed by atoms with Crippen LogP contribution in [0.3, 0.4) is 0 Å². The molecule has 2 heterocycles. The summed E-state index contributed by atoms with van der Waals surface area (Å²) in [4.78, 5) is 16.7. The molecule has 2 aliphatic rings. The van der Waals surface area contributed by atoms with Crippen molar-refractivity contribution in [1.29, 1.82) is 0 Å². The molecule has 0 aromatic carbocycles. The quantitative estimate of drug-likeness (QED) is 0.816. The summed E-state index contributed by atoms with van der Waals surface area (Å²) in [7, 11) is 0. The molecule has 1 unspecified atom stereocenters. The van der Waals surface area contributed by atoms with Crippen LogP contribution in [0.4, 0.5) is 0 Å². The highest BCUT2D eigenvalue weighted by Crippen LogP contribution is 2.22. The predicted octanol–water partition coefficient (Wildman–Crippen LogP) is 1.32. The molecule has 1 amide bonds. The van der Waals surface area contributed by atoms with Crippen LogP contribution in [0, 0.1) is 5.92 Å². The van der Waals surface area contributed by atoms with E-state index in [-0.39, 0.29) is 0 Å². The second-order valence-corrected chi connectivity index (χ2v) is 5.95. The van der Waals surface area contributed by atoms with Gasteiger partial charge < -0.3 is 10.2 Å². The summed E-state index contributed by atoms with van der Waals surface area (Å²) in [6.07, 6.45) is 5.63. The van der Waals surface area contributed by atoms with Crippen molar-refractivity contribution in [2.45, 2.75) is 39.0 Å². The molecule has 110 valence electrons. The first-order chi connectivity index (χ1) is 9.29. The normalized spacial score (nSPS) is 26.5. The minimum absolute atomic E-state index is 0.383. The summed E-state index contributed by atoms with van der Waals surface area (Å²) in [6, 6.07) is 0. The van der Waals surface area contributed by atoms with E-state index in [9.17, 15) is 4.79 Å². The zero-order valence-electron chi connectivity index (χ0n) is 12.4. The van der Waals surface area contributed by atoms with Gasteiger partial charge in [0.25, 0.3) is 0 Å². The van der Waals surface area contributed by atoms with Gasteiger partial charge in [0.15, 0.2) is 0 Å². The molecule has 2 saturated heterocycles. The van der Waals surface area contributed by atoms with E-state index in [4.69, 9.17) is 0 Å². The molecule has 2 fully saturated rings. The first kappa shape index (κ1) is 14.8. The third-order valence-corrected chi connectivity index (χ3v) is 4.52. The van der Waals surface area contributed by atoms with Crippen LogP contribution in [0.25, 0.3) is 0 Å². The lowest BCUT2D eigenvalue weighted by Crippen LogP contribution is -2.47. The Labute approximate surface area is 117 Å². The number of hydrogen-bond acceptors (Lipinski definition) is 3. The van der Waals surface area contributed by atoms with Gasteiger partial charge in [0.2, 0.25) is 5.91 Å². The van der Waals surface area contributed by atoms with Crippen LogP contribution in [0.5, 0.6) is 0 Å². The molecule has 4 nitrogen and oxygen atoms in total. The largest absolute Gasteiger partial charge is 0.341 e. The van der Waals surface area contributed by atoms with Crippen molar-refractivity contribution in [3.63, 3.8) is 0 Å². The van der Waals surface area contributed by atoms with Gasteiger partial charge in [-0.3, -0.25) is 9.69 Å². The number of nitrogens with one attached hydrogen (secondary N) is 1. The maximum absolute atomic E-state index is 12.1. The Morgan fingerprint density at radius 3 is 2.68 bits per heavy atom. The highest BCUT2D eigenvalue weighted by molar-refractivity contribution is 5.76. The molecule has 4 heteroatoms. The van der Waals surface area contributed by atoms with E-state index in [0.29, 0.717) is 5.91 Å². The molecule has 0 aromatic rings. The number of piperazine rings is 1. The summed E-state index contributed by atoms with van der Waals surface area (Å²) in [5.74, 6) is 1.16. The zero-order chi connectivity index (χ0) is 13.5. The molecule has 2 rings (SSSR count). The molecule has 2 aliphatic heterocycles. The van der Waals surface area contributed by atoms with E-state index >= 15 is 0 Å². The van der Waals surface area contributed by atoms with Crippen LogP contribution >= 0.6 is 0 Å². The lowest BCUT2D eigenvalue weighted by molar-refractivity contribution is -0.130. The van der Waals surface area contributed by atoms with Crippen molar-refractivity contribution >= 4 is 5.91 Å². The topological polar surface area (TPSA) is 35.6 Å². The maximum Gasteiger partial charge on any atom is 0.222 e. The highest BCUT2D eigenvalue weighted by Gasteiger charge is 2.22. The second kappa shape index (κ2) is 7.85. The van der Waals surface area contributed by atoms with Crippen LogP contribution in [0.1, 0.15) is 39.0 Å². The number of carbonyl (C=O) groups excluding carboxylic acids is 1. The minimum Gasteiger partial charge on any atom is -0.341 e. The average molecular weight is 267 g/mol. The van der Waals surface area contributed by atoms with Gasteiger partial charge in [-0.05, 0) is 18.8 Å². The van der Waals surface area contributed by atoms with Crippen LogP contribution < -0.4 is 5.32 Å². The molecule has 0 aliphatic carbocycles. The predicted molar refractivity (Wildman–Crippen MR) is 78.1 cm³/mol. The van der Waals surface area contributed by atoms with Gasteiger partial charge in [0.05, 0.1) is 0 Å². The fourth-order valence-corrected chi connectivity index (χ4v) is 3.22. The molecule has 0 aromatic heterocycles. The molecule has 1 N–H and O–H groups in total. The standard InChI is InChI=1S/C15H29N3O/c1-2-3-14-4-5-15(19)18(9-6-14)13-12-17-10-7-16-8-11-17/h14,16H,2-13H2,1H3. The van der Waals surface area contributed by atoms with E-state index in [2.05, 4.69) is 22.0 Å². The van der Waals surface area contributed by atoms with Crippen molar-refractivity contribution in [2.75, 3.05) is 45.8 Å². The van der Waals surface area contributed by atoms with E-state index < -0.39 is 0 Å². The van der Waals surface area contributed by atoms with Gasteiger partial charge in [-0.1, -0.05) is 19.8 Å². The second-order valence-electron chi connectivity index (χ2n) is 5.95. The van der Waals surface area contributed by atoms with Gasteiger partial charge in [-0.25, -0.2) is 0 Å². The number of rotatable bonds is 5. The smallest absolute Gasteiger partial charge is 0.222 e. The van der Waals surface area contributed by atoms with Gasteiger partial charge in [-0.2, -0.15) is 0 Å². The highest BCUT2D eigenvalue weighted by atomic mass is 16.2. The van der Waals surface area contributed by atoms with Gasteiger partial charge in [0, 0.05) is 52.2 Å². The van der Waals surface area contributed by atoms with Gasteiger partial charge in [-0.15, -0.1) is 0 Å². The van der Waals surface area contributed by atoms with Crippen LogP contribution in [-0.4, -0.2) is 61.5 Å². The molecule has 0 saturated carbocycles. The maximum atomic E-state index is 12.1. The monoisotopic (exact) mass is 267 g/mol. The van der Waals surface area contributed by atoms with Crippen LogP contribution in [0.15, 0.2) is 0 Å². The molecule has 0 radical (unpaired) electrons. The Hall–Kier alpha value is -0.610. The number of hydrogen-bond donors (Lipinski definition) is 1. The Balaban J connectivity index is 1.73. The summed E-state index contributed by atoms with van der Waals surface area (Å²) in [6.45, 7) is 9.63. The summed E-state index contributed by atoms with van der Waals surface area (Å²) < 4.78 is 0. The molecule has 19 heavy (non-hydrogen) atoms. The Morgan fingerprint density at radius 2 is 1.95 bits per heavy atom. The molecular weight excluding hydrogens is 238 g/mol. The Kier molecular flexibility index (Phi) is 6.11. The number of carbonyl (C=O) groups is 1. The van der Waals surface area contributed by atoms with Crippen molar-refractivity contribution in [2.24, 2.45) is 5.92 Å². The third kappa shape index (κ3) is 4.77. The Morgan fingerprint density at radius 1 is 1.16 bits per heavy atom. The van der Waals surface area contributed by atoms with E-state index in [0.717, 1.165) is 64.6 Å². The summed E-state index contributed by atoms with van der Waals surface area (Å²) >= 11 is 0. The molecule has 1 atom stereocenters. The lowest BCUT2D eigenvalue weighted by Gasteiger charge is -2.30. The average Bonchev–Trinajstić information content (AvgIpc) is 2.61. The van der Waals surface area contributed by atoms with E-state index in [1.54, 1.807) is 0 Å². The van der Waals surface area contributed by atoms with E-state index in [1.165, 1.54) is 19.3 Å². The molecular formula is C15H29N3O. The fraction of sp³-hybridized carbons (Fsp3) is 0.933. The molecule has 0 bridgehead atoms. The van der Waals surface area contributed by atoms with Gasteiger partial charge in [0.1, 0.15) is 0 Å². The Bertz CT molecular complexity index is 277. The number of amides is 1. The van der Waals surface area contributed by atoms with Crippen LogP contribution in [-0.2, 0) is 4.79 Å². The van der Waals surface area contributed by atoms with Gasteiger partial charge >= 0.3 is 0 Å². The minimum atomic E-state index is 0.383. The SMILES string of the molecule is CCCC1CCC(=O)N(CCN2CCNCC2)CC1. The van der Waals surface area contributed by atoms with Crippen molar-refractivity contribution < 1.29 is 4.79 Å². The summed E-state index contributed by atoms with van der Waals surface area (Å²) in [5.41, 5.74) is 0. The van der Waals surface area contributed by atoms with Crippen molar-refractivity contribution in [3.05, 3.63) is 0 Å². The first-order valence-corrected chi connectivity index (χ1v) is 8.00. The molecule has 0 spiro atoms. The fourth-order valence-electron chi connectivity index (χ4n) is 3.22. The van der Waals surface area contributed by atoms with Crippen molar-refractivity contribution in [1.82, 2.24) is 15.1 Å². The third-order valence-electron chi connectivity index (χ3n) is 4.52. The zero-order valence-corrected chi connectivity index (χ0v) is 12.4. The summed E-state index contributed by atoms with van der Waals surface area (Å²) in [5, 5.41) is 3.37. The van der Waals surface area contributed by atoms with E-state index in [1.807, 2.05) is 0 Å².